The van der Waals surface area contributed by atoms with Gasteiger partial charge in [0.25, 0.3) is 0 Å². The fraction of sp³-hybridized carbons (Fsp3) is 0.429. The molecule has 0 unspecified atom stereocenters. The average Bonchev–Trinajstić information content (AvgIpc) is 2.25. The first-order chi connectivity index (χ1) is 6.86. The summed E-state index contributed by atoms with van der Waals surface area (Å²) in [6.45, 7) is 7.57. The second-order valence-electron chi connectivity index (χ2n) is 3.69. The van der Waals surface area contributed by atoms with E-state index < -0.39 is 0 Å². The van der Waals surface area contributed by atoms with Gasteiger partial charge in [-0.25, -0.2) is 0 Å². The van der Waals surface area contributed by atoms with Crippen molar-refractivity contribution in [1.82, 2.24) is 0 Å². The Kier molecular flexibility index (Phi) is 5.06. The Morgan fingerprint density at radius 3 is 2.14 bits per heavy atom. The molecule has 0 bridgehead atoms. The van der Waals surface area contributed by atoms with Crippen LogP contribution in [0.15, 0.2) is 30.3 Å². The zero-order valence-corrected chi connectivity index (χ0v) is 9.00. The van der Waals surface area contributed by atoms with Crippen LogP contribution in [0.25, 0.3) is 0 Å². The number of hydrogen-bond donors (Lipinski definition) is 0. The van der Waals surface area contributed by atoms with E-state index in [1.54, 1.807) is 6.08 Å². The summed E-state index contributed by atoms with van der Waals surface area (Å²) in [5, 5.41) is 0. The van der Waals surface area contributed by atoms with Gasteiger partial charge in [0.2, 0.25) is 0 Å². The third-order valence-corrected chi connectivity index (χ3v) is 2.44. The Balaban J connectivity index is 2.46. The first-order valence-electron chi connectivity index (χ1n) is 5.48. The van der Waals surface area contributed by atoms with Crippen molar-refractivity contribution in [2.24, 2.45) is 0 Å². The van der Waals surface area contributed by atoms with Crippen LogP contribution < -0.4 is 0 Å². The topological polar surface area (TPSA) is 0 Å². The first kappa shape index (κ1) is 11.0. The highest BCUT2D eigenvalue weighted by atomic mass is 14.0. The van der Waals surface area contributed by atoms with Gasteiger partial charge in [-0.2, -0.15) is 0 Å². The first-order valence-corrected chi connectivity index (χ1v) is 5.48. The third-order valence-electron chi connectivity index (χ3n) is 2.44. The Morgan fingerprint density at radius 1 is 1.07 bits per heavy atom. The molecule has 0 heterocycles. The fourth-order valence-electron chi connectivity index (χ4n) is 1.50. The molecule has 1 aromatic carbocycles. The molecule has 0 saturated heterocycles. The molecule has 75 valence electrons. The van der Waals surface area contributed by atoms with Gasteiger partial charge in [-0.15, -0.1) is 0 Å². The van der Waals surface area contributed by atoms with Crippen LogP contribution in [0.3, 0.4) is 0 Å². The van der Waals surface area contributed by atoms with E-state index in [1.165, 1.54) is 30.4 Å². The van der Waals surface area contributed by atoms with Crippen LogP contribution in [-0.2, 0) is 12.8 Å². The number of rotatable bonds is 6. The molecule has 0 heteroatoms. The zero-order chi connectivity index (χ0) is 10.2. The molecule has 0 aliphatic rings. The normalized spacial score (nSPS) is 10.1. The van der Waals surface area contributed by atoms with Crippen LogP contribution in [0.1, 0.15) is 37.3 Å². The minimum absolute atomic E-state index is 0.967. The summed E-state index contributed by atoms with van der Waals surface area (Å²) in [5.41, 5.74) is 2.83. The monoisotopic (exact) mass is 187 g/mol. The van der Waals surface area contributed by atoms with E-state index in [2.05, 4.69) is 31.2 Å². The summed E-state index contributed by atoms with van der Waals surface area (Å²) in [6, 6.07) is 8.91. The molecular weight excluding hydrogens is 168 g/mol. The van der Waals surface area contributed by atoms with Crippen molar-refractivity contribution in [2.45, 2.75) is 39.0 Å². The number of benzene rings is 1. The lowest BCUT2D eigenvalue weighted by Gasteiger charge is -2.02. The SMILES string of the molecule is [CH]=CCCc1ccc(CCCC)cc1. The Labute approximate surface area is 87.7 Å². The molecule has 0 nitrogen and oxygen atoms in total. The van der Waals surface area contributed by atoms with E-state index in [0.717, 1.165) is 12.8 Å². The summed E-state index contributed by atoms with van der Waals surface area (Å²) in [6.07, 6.45) is 7.52. The van der Waals surface area contributed by atoms with Crippen LogP contribution in [-0.4, -0.2) is 0 Å². The maximum Gasteiger partial charge on any atom is -0.0244 e. The average molecular weight is 187 g/mol. The summed E-state index contributed by atoms with van der Waals surface area (Å²) < 4.78 is 0. The van der Waals surface area contributed by atoms with Gasteiger partial charge < -0.3 is 0 Å². The second kappa shape index (κ2) is 6.42. The molecule has 0 spiro atoms. The predicted molar refractivity (Wildman–Crippen MR) is 62.2 cm³/mol. The van der Waals surface area contributed by atoms with Crippen LogP contribution in [0.5, 0.6) is 0 Å². The molecule has 0 saturated carbocycles. The molecule has 0 aliphatic heterocycles. The smallest absolute Gasteiger partial charge is 0.0244 e. The summed E-state index contributed by atoms with van der Waals surface area (Å²) in [4.78, 5) is 0. The maximum atomic E-state index is 5.35. The van der Waals surface area contributed by atoms with E-state index in [-0.39, 0.29) is 0 Å². The van der Waals surface area contributed by atoms with Gasteiger partial charge in [-0.05, 0) is 36.8 Å². The van der Waals surface area contributed by atoms with E-state index in [4.69, 9.17) is 6.58 Å². The van der Waals surface area contributed by atoms with Gasteiger partial charge in [0.05, 0.1) is 0 Å². The van der Waals surface area contributed by atoms with E-state index in [9.17, 15) is 0 Å². The molecule has 0 aliphatic carbocycles. The molecule has 0 atom stereocenters. The lowest BCUT2D eigenvalue weighted by Crippen LogP contribution is -1.87. The number of aryl methyl sites for hydroxylation is 2. The Bertz CT molecular complexity index is 256. The van der Waals surface area contributed by atoms with E-state index >= 15 is 0 Å². The van der Waals surface area contributed by atoms with Crippen LogP contribution in [0, 0.1) is 6.58 Å². The number of unbranched alkanes of at least 4 members (excludes halogenated alkanes) is 1. The van der Waals surface area contributed by atoms with Gasteiger partial charge >= 0.3 is 0 Å². The highest BCUT2D eigenvalue weighted by Gasteiger charge is 1.93. The summed E-state index contributed by atoms with van der Waals surface area (Å²) >= 11 is 0. The van der Waals surface area contributed by atoms with Gasteiger partial charge in [0, 0.05) is 0 Å². The molecule has 0 N–H and O–H groups in total. The quantitative estimate of drug-likeness (QED) is 0.632. The lowest BCUT2D eigenvalue weighted by molar-refractivity contribution is 0.794. The van der Waals surface area contributed by atoms with Crippen molar-refractivity contribution >= 4 is 0 Å². The number of allylic oxidation sites excluding steroid dienone is 1. The molecule has 1 radical (unpaired) electrons. The van der Waals surface area contributed by atoms with Crippen molar-refractivity contribution in [3.63, 3.8) is 0 Å². The van der Waals surface area contributed by atoms with Crippen molar-refractivity contribution in [2.75, 3.05) is 0 Å². The van der Waals surface area contributed by atoms with Crippen molar-refractivity contribution in [3.8, 4) is 0 Å². The number of hydrogen-bond acceptors (Lipinski definition) is 0. The molecule has 0 amide bonds. The predicted octanol–water partition coefficient (Wildman–Crippen LogP) is 3.95. The maximum absolute atomic E-state index is 5.35. The summed E-state index contributed by atoms with van der Waals surface area (Å²) in [5.74, 6) is 0. The minimum Gasteiger partial charge on any atom is -0.0842 e. The summed E-state index contributed by atoms with van der Waals surface area (Å²) in [7, 11) is 0. The molecule has 1 aromatic rings. The molecule has 1 rings (SSSR count). The second-order valence-corrected chi connectivity index (χ2v) is 3.69. The van der Waals surface area contributed by atoms with Crippen molar-refractivity contribution in [1.29, 1.82) is 0 Å². The van der Waals surface area contributed by atoms with Gasteiger partial charge in [0.1, 0.15) is 0 Å². The molecule has 0 fully saturated rings. The van der Waals surface area contributed by atoms with Crippen LogP contribution in [0.2, 0.25) is 0 Å². The Hall–Kier alpha value is -1.04. The van der Waals surface area contributed by atoms with E-state index in [1.807, 2.05) is 0 Å². The molecule has 0 aromatic heterocycles. The van der Waals surface area contributed by atoms with Gasteiger partial charge in [-0.3, -0.25) is 0 Å². The van der Waals surface area contributed by atoms with Crippen molar-refractivity contribution < 1.29 is 0 Å². The zero-order valence-electron chi connectivity index (χ0n) is 9.00. The third kappa shape index (κ3) is 3.78. The van der Waals surface area contributed by atoms with Gasteiger partial charge in [-0.1, -0.05) is 50.3 Å². The fourth-order valence-corrected chi connectivity index (χ4v) is 1.50. The standard InChI is InChI=1S/C14H19/c1-3-5-7-13-9-11-14(12-10-13)8-6-4-2/h1,3,9-12H,4-8H2,2H3. The minimum atomic E-state index is 0.967. The van der Waals surface area contributed by atoms with Crippen LogP contribution >= 0.6 is 0 Å². The van der Waals surface area contributed by atoms with Gasteiger partial charge in [0.15, 0.2) is 0 Å². The highest BCUT2D eigenvalue weighted by Crippen LogP contribution is 2.09. The Morgan fingerprint density at radius 2 is 1.64 bits per heavy atom. The van der Waals surface area contributed by atoms with Crippen molar-refractivity contribution in [3.05, 3.63) is 48.0 Å². The lowest BCUT2D eigenvalue weighted by atomic mass is 10.0. The van der Waals surface area contributed by atoms with Crippen LogP contribution in [0.4, 0.5) is 0 Å². The molecule has 14 heavy (non-hydrogen) atoms. The van der Waals surface area contributed by atoms with E-state index in [0.29, 0.717) is 0 Å². The largest absolute Gasteiger partial charge is 0.0842 e. The highest BCUT2D eigenvalue weighted by molar-refractivity contribution is 5.22. The molecular formula is C14H19.